The Bertz CT molecular complexity index is 756. The number of sulfonamides is 1. The number of carbonyl (C=O) groups excluding carboxylic acids is 1. The molecule has 0 bridgehead atoms. The lowest BCUT2D eigenvalue weighted by Crippen LogP contribution is -2.45. The summed E-state index contributed by atoms with van der Waals surface area (Å²) in [4.78, 5) is 24.0. The van der Waals surface area contributed by atoms with E-state index in [-0.39, 0.29) is 17.1 Å². The fourth-order valence-electron chi connectivity index (χ4n) is 3.81. The topological polar surface area (TPSA) is 91.8 Å². The van der Waals surface area contributed by atoms with E-state index < -0.39 is 34.0 Å². The molecule has 7 heteroatoms. The molecule has 1 saturated carbocycles. The Kier molecular flexibility index (Phi) is 4.48. The molecule has 24 heavy (non-hydrogen) atoms. The third-order valence-electron chi connectivity index (χ3n) is 5.04. The van der Waals surface area contributed by atoms with Crippen molar-refractivity contribution in [3.63, 3.8) is 0 Å². The summed E-state index contributed by atoms with van der Waals surface area (Å²) in [5.74, 6) is -1.70. The minimum Gasteiger partial charge on any atom is -0.480 e. The van der Waals surface area contributed by atoms with Crippen LogP contribution in [0.25, 0.3) is 0 Å². The molecule has 2 fully saturated rings. The van der Waals surface area contributed by atoms with Crippen LogP contribution >= 0.6 is 0 Å². The van der Waals surface area contributed by atoms with E-state index in [0.717, 1.165) is 22.7 Å². The zero-order chi connectivity index (χ0) is 17.5. The highest BCUT2D eigenvalue weighted by atomic mass is 32.2. The second-order valence-corrected chi connectivity index (χ2v) is 8.47. The van der Waals surface area contributed by atoms with Gasteiger partial charge in [-0.25, -0.2) is 8.42 Å². The van der Waals surface area contributed by atoms with Crippen molar-refractivity contribution in [3.8, 4) is 0 Å². The fraction of sp³-hybridized carbons (Fsp3) is 0.529. The number of carboxylic acids is 1. The van der Waals surface area contributed by atoms with Crippen molar-refractivity contribution in [1.82, 2.24) is 4.31 Å². The van der Waals surface area contributed by atoms with Gasteiger partial charge in [0, 0.05) is 18.4 Å². The van der Waals surface area contributed by atoms with Crippen LogP contribution in [0.15, 0.2) is 29.2 Å². The largest absolute Gasteiger partial charge is 0.480 e. The number of benzene rings is 1. The van der Waals surface area contributed by atoms with Gasteiger partial charge in [0.2, 0.25) is 10.0 Å². The summed E-state index contributed by atoms with van der Waals surface area (Å²) in [6.45, 7) is 1.85. The average molecular weight is 351 g/mol. The van der Waals surface area contributed by atoms with E-state index in [1.54, 1.807) is 12.1 Å². The van der Waals surface area contributed by atoms with Crippen molar-refractivity contribution in [2.75, 3.05) is 0 Å². The van der Waals surface area contributed by atoms with Gasteiger partial charge in [0.05, 0.1) is 4.90 Å². The van der Waals surface area contributed by atoms with Gasteiger partial charge < -0.3 is 5.11 Å². The van der Waals surface area contributed by atoms with Gasteiger partial charge in [-0.3, -0.25) is 9.59 Å². The van der Waals surface area contributed by atoms with Crippen LogP contribution in [0.4, 0.5) is 0 Å². The van der Waals surface area contributed by atoms with Gasteiger partial charge in [0.1, 0.15) is 11.8 Å². The maximum atomic E-state index is 13.1. The summed E-state index contributed by atoms with van der Waals surface area (Å²) in [6, 6.07) is 4.65. The third-order valence-corrected chi connectivity index (χ3v) is 6.99. The average Bonchev–Trinajstić information content (AvgIpc) is 2.84. The highest BCUT2D eigenvalue weighted by molar-refractivity contribution is 7.89. The number of hydrogen-bond donors (Lipinski definition) is 1. The maximum Gasteiger partial charge on any atom is 0.322 e. The minimum absolute atomic E-state index is 0.00893. The molecule has 1 heterocycles. The molecule has 0 unspecified atom stereocenters. The molecule has 3 atom stereocenters. The van der Waals surface area contributed by atoms with Crippen LogP contribution in [0.3, 0.4) is 0 Å². The molecule has 1 N–H and O–H groups in total. The Balaban J connectivity index is 2.05. The first-order valence-electron chi connectivity index (χ1n) is 8.18. The first-order chi connectivity index (χ1) is 11.3. The van der Waals surface area contributed by atoms with Crippen LogP contribution in [0.5, 0.6) is 0 Å². The molecule has 0 spiro atoms. The smallest absolute Gasteiger partial charge is 0.322 e. The van der Waals surface area contributed by atoms with Crippen LogP contribution in [0, 0.1) is 12.8 Å². The highest BCUT2D eigenvalue weighted by Gasteiger charge is 2.52. The fourth-order valence-corrected chi connectivity index (χ4v) is 5.65. The Morgan fingerprint density at radius 1 is 1.21 bits per heavy atom. The van der Waals surface area contributed by atoms with Crippen molar-refractivity contribution < 1.29 is 23.1 Å². The Morgan fingerprint density at radius 3 is 2.50 bits per heavy atom. The number of carbonyl (C=O) groups is 2. The van der Waals surface area contributed by atoms with Crippen molar-refractivity contribution in [1.29, 1.82) is 0 Å². The predicted molar refractivity (Wildman–Crippen MR) is 87.0 cm³/mol. The number of carboxylic acid groups (broad SMARTS) is 1. The Hall–Kier alpha value is -1.73. The lowest BCUT2D eigenvalue weighted by atomic mass is 9.93. The van der Waals surface area contributed by atoms with Gasteiger partial charge in [-0.1, -0.05) is 24.1 Å². The number of nitrogens with zero attached hydrogens (tertiary/aromatic N) is 1. The van der Waals surface area contributed by atoms with Crippen molar-refractivity contribution in [2.45, 2.75) is 56.0 Å². The molecular formula is C17H21NO5S. The molecule has 2 aliphatic rings. The van der Waals surface area contributed by atoms with E-state index in [9.17, 15) is 23.1 Å². The summed E-state index contributed by atoms with van der Waals surface area (Å²) in [7, 11) is -3.96. The zero-order valence-corrected chi connectivity index (χ0v) is 14.3. The maximum absolute atomic E-state index is 13.1. The highest BCUT2D eigenvalue weighted by Crippen LogP contribution is 2.40. The molecule has 1 aliphatic carbocycles. The normalized spacial score (nSPS) is 28.4. The summed E-state index contributed by atoms with van der Waals surface area (Å²) in [5.41, 5.74) is 0.924. The van der Waals surface area contributed by atoms with Gasteiger partial charge in [0.25, 0.3) is 0 Å². The minimum atomic E-state index is -3.96. The number of hydrogen-bond acceptors (Lipinski definition) is 4. The lowest BCUT2D eigenvalue weighted by molar-refractivity contribution is -0.141. The van der Waals surface area contributed by atoms with E-state index in [0.29, 0.717) is 12.8 Å². The first-order valence-corrected chi connectivity index (χ1v) is 9.62. The quantitative estimate of drug-likeness (QED) is 0.899. The van der Waals surface area contributed by atoms with Crippen molar-refractivity contribution >= 4 is 21.8 Å². The van der Waals surface area contributed by atoms with Crippen LogP contribution in [-0.2, 0) is 19.6 Å². The molecule has 0 aromatic heterocycles. The molecule has 0 radical (unpaired) electrons. The second kappa shape index (κ2) is 6.29. The molecule has 3 rings (SSSR count). The SMILES string of the molecule is Cc1ccc(S(=O)(=O)N2[C@@H](C(=O)O)C[C@H]3C(=O)CCCC[C@H]32)cc1. The van der Waals surface area contributed by atoms with Crippen LogP contribution < -0.4 is 0 Å². The van der Waals surface area contributed by atoms with E-state index in [2.05, 4.69) is 0 Å². The van der Waals surface area contributed by atoms with Gasteiger partial charge in [-0.15, -0.1) is 0 Å². The van der Waals surface area contributed by atoms with E-state index >= 15 is 0 Å². The van der Waals surface area contributed by atoms with Gasteiger partial charge in [0.15, 0.2) is 0 Å². The van der Waals surface area contributed by atoms with Crippen LogP contribution in [0.2, 0.25) is 0 Å². The Morgan fingerprint density at radius 2 is 1.88 bits per heavy atom. The van der Waals surface area contributed by atoms with Crippen LogP contribution in [-0.4, -0.2) is 41.7 Å². The number of rotatable bonds is 3. The zero-order valence-electron chi connectivity index (χ0n) is 13.5. The molecule has 130 valence electrons. The lowest BCUT2D eigenvalue weighted by Gasteiger charge is -2.28. The van der Waals surface area contributed by atoms with Gasteiger partial charge >= 0.3 is 5.97 Å². The number of ketones is 1. The summed E-state index contributed by atoms with van der Waals surface area (Å²) >= 11 is 0. The molecule has 6 nitrogen and oxygen atoms in total. The molecule has 1 aromatic rings. The predicted octanol–water partition coefficient (Wildman–Crippen LogP) is 1.97. The second-order valence-electron chi connectivity index (χ2n) is 6.62. The molecule has 0 amide bonds. The number of Topliss-reactive ketones (excluding diaryl/α,β-unsaturated/α-hetero) is 1. The van der Waals surface area contributed by atoms with E-state index in [1.807, 2.05) is 6.92 Å². The van der Waals surface area contributed by atoms with Gasteiger partial charge in [-0.2, -0.15) is 4.31 Å². The van der Waals surface area contributed by atoms with E-state index in [1.165, 1.54) is 12.1 Å². The van der Waals surface area contributed by atoms with Crippen molar-refractivity contribution in [2.24, 2.45) is 5.92 Å². The standard InChI is InChI=1S/C17H21NO5S/c1-11-6-8-12(9-7-11)24(22,23)18-14-4-2-3-5-16(19)13(14)10-15(18)17(20)21/h6-9,13-15H,2-5,10H2,1H3,(H,20,21)/t13-,14-,15-/m1/s1. The van der Waals surface area contributed by atoms with Crippen LogP contribution in [0.1, 0.15) is 37.7 Å². The Labute approximate surface area is 141 Å². The molecule has 1 aliphatic heterocycles. The number of aryl methyl sites for hydroxylation is 1. The number of aliphatic carboxylic acids is 1. The van der Waals surface area contributed by atoms with Crippen molar-refractivity contribution in [3.05, 3.63) is 29.8 Å². The third kappa shape index (κ3) is 2.86. The summed E-state index contributed by atoms with van der Waals surface area (Å²) in [6.07, 6.45) is 2.49. The molecule has 1 saturated heterocycles. The molecular weight excluding hydrogens is 330 g/mol. The first kappa shape index (κ1) is 17.1. The summed E-state index contributed by atoms with van der Waals surface area (Å²) < 4.78 is 27.3. The number of fused-ring (bicyclic) bond motifs is 1. The monoisotopic (exact) mass is 351 g/mol. The molecule has 1 aromatic carbocycles. The van der Waals surface area contributed by atoms with E-state index in [4.69, 9.17) is 0 Å². The summed E-state index contributed by atoms with van der Waals surface area (Å²) in [5, 5.41) is 9.52. The van der Waals surface area contributed by atoms with Gasteiger partial charge in [-0.05, 0) is 38.3 Å².